The van der Waals surface area contributed by atoms with Crippen molar-refractivity contribution in [3.05, 3.63) is 53.8 Å². The summed E-state index contributed by atoms with van der Waals surface area (Å²) in [5.41, 5.74) is 1.17. The second-order valence-electron chi connectivity index (χ2n) is 5.52. The summed E-state index contributed by atoms with van der Waals surface area (Å²) in [7, 11) is -3.73. The van der Waals surface area contributed by atoms with Crippen LogP contribution in [0, 0.1) is 12.7 Å². The largest absolute Gasteiger partial charge is 0.506 e. The van der Waals surface area contributed by atoms with Crippen LogP contribution in [0.25, 0.3) is 0 Å². The Labute approximate surface area is 145 Å². The lowest BCUT2D eigenvalue weighted by Crippen LogP contribution is -2.25. The van der Waals surface area contributed by atoms with Crippen LogP contribution in [0.15, 0.2) is 47.4 Å². The highest BCUT2D eigenvalue weighted by molar-refractivity contribution is 7.89. The maximum Gasteiger partial charge on any atom is 0.240 e. The molecule has 1 amide bonds. The third-order valence-corrected chi connectivity index (χ3v) is 4.90. The SMILES string of the molecule is Cc1ccc(NC(=O)CCCNS(=O)(=O)c2ccc(F)cc2)c(O)c1. The third-order valence-electron chi connectivity index (χ3n) is 3.42. The highest BCUT2D eigenvalue weighted by atomic mass is 32.2. The second kappa shape index (κ2) is 8.09. The molecule has 0 saturated heterocycles. The number of aryl methyl sites for hydroxylation is 1. The van der Waals surface area contributed by atoms with E-state index in [-0.39, 0.29) is 35.9 Å². The van der Waals surface area contributed by atoms with E-state index in [4.69, 9.17) is 0 Å². The van der Waals surface area contributed by atoms with Gasteiger partial charge >= 0.3 is 0 Å². The Bertz CT molecular complexity index is 851. The van der Waals surface area contributed by atoms with E-state index in [1.807, 2.05) is 6.92 Å². The van der Waals surface area contributed by atoms with Crippen molar-refractivity contribution in [1.29, 1.82) is 0 Å². The molecule has 25 heavy (non-hydrogen) atoms. The van der Waals surface area contributed by atoms with E-state index in [1.54, 1.807) is 12.1 Å². The number of carbonyl (C=O) groups is 1. The molecule has 0 aliphatic carbocycles. The molecule has 2 aromatic rings. The molecule has 0 unspecified atom stereocenters. The number of carbonyl (C=O) groups excluding carboxylic acids is 1. The summed E-state index contributed by atoms with van der Waals surface area (Å²) >= 11 is 0. The fourth-order valence-corrected chi connectivity index (χ4v) is 3.19. The Morgan fingerprint density at radius 1 is 1.16 bits per heavy atom. The van der Waals surface area contributed by atoms with E-state index in [9.17, 15) is 22.7 Å². The van der Waals surface area contributed by atoms with Gasteiger partial charge in [-0.05, 0) is 55.3 Å². The van der Waals surface area contributed by atoms with Crippen LogP contribution < -0.4 is 10.0 Å². The molecule has 0 spiro atoms. The zero-order valence-corrected chi connectivity index (χ0v) is 14.4. The standard InChI is InChI=1S/C17H19FN2O4S/c1-12-4-9-15(16(21)11-12)20-17(22)3-2-10-19-25(23,24)14-7-5-13(18)6-8-14/h4-9,11,19,21H,2-3,10H2,1H3,(H,20,22). The molecule has 2 aromatic carbocycles. The summed E-state index contributed by atoms with van der Waals surface area (Å²) in [6.07, 6.45) is 0.359. The number of hydrogen-bond donors (Lipinski definition) is 3. The van der Waals surface area contributed by atoms with Crippen molar-refractivity contribution >= 4 is 21.6 Å². The summed E-state index contributed by atoms with van der Waals surface area (Å²) in [5, 5.41) is 12.3. The van der Waals surface area contributed by atoms with Crippen molar-refractivity contribution in [3.63, 3.8) is 0 Å². The predicted molar refractivity (Wildman–Crippen MR) is 92.3 cm³/mol. The van der Waals surface area contributed by atoms with Gasteiger partial charge < -0.3 is 10.4 Å². The summed E-state index contributed by atoms with van der Waals surface area (Å²) in [5.74, 6) is -0.875. The van der Waals surface area contributed by atoms with Gasteiger partial charge in [0.2, 0.25) is 15.9 Å². The molecule has 0 heterocycles. The molecule has 8 heteroatoms. The number of phenolic OH excluding ortho intramolecular Hbond substituents is 1. The second-order valence-corrected chi connectivity index (χ2v) is 7.29. The number of amides is 1. The minimum Gasteiger partial charge on any atom is -0.506 e. The highest BCUT2D eigenvalue weighted by Crippen LogP contribution is 2.23. The molecule has 0 atom stereocenters. The van der Waals surface area contributed by atoms with Crippen molar-refractivity contribution < 1.29 is 22.7 Å². The zero-order chi connectivity index (χ0) is 18.4. The Balaban J connectivity index is 1.80. The number of rotatable bonds is 7. The van der Waals surface area contributed by atoms with Gasteiger partial charge in [-0.15, -0.1) is 0 Å². The van der Waals surface area contributed by atoms with E-state index < -0.39 is 15.8 Å². The number of hydrogen-bond acceptors (Lipinski definition) is 4. The smallest absolute Gasteiger partial charge is 0.240 e. The number of aromatic hydroxyl groups is 1. The fraction of sp³-hybridized carbons (Fsp3) is 0.235. The Morgan fingerprint density at radius 3 is 2.48 bits per heavy atom. The van der Waals surface area contributed by atoms with Crippen molar-refractivity contribution in [2.24, 2.45) is 0 Å². The molecule has 0 aliphatic rings. The number of anilines is 1. The summed E-state index contributed by atoms with van der Waals surface area (Å²) in [6.45, 7) is 1.88. The molecule has 0 aromatic heterocycles. The van der Waals surface area contributed by atoms with E-state index in [0.717, 1.165) is 17.7 Å². The van der Waals surface area contributed by atoms with E-state index in [0.29, 0.717) is 5.69 Å². The van der Waals surface area contributed by atoms with Crippen LogP contribution in [0.4, 0.5) is 10.1 Å². The third kappa shape index (κ3) is 5.54. The molecule has 3 N–H and O–H groups in total. The molecule has 2 rings (SSSR count). The number of sulfonamides is 1. The first kappa shape index (κ1) is 18.9. The predicted octanol–water partition coefficient (Wildman–Crippen LogP) is 2.54. The molecular formula is C17H19FN2O4S. The van der Waals surface area contributed by atoms with Crippen molar-refractivity contribution in [1.82, 2.24) is 4.72 Å². The molecule has 0 fully saturated rings. The van der Waals surface area contributed by atoms with Gasteiger partial charge in [0.15, 0.2) is 0 Å². The van der Waals surface area contributed by atoms with Crippen molar-refractivity contribution in [3.8, 4) is 5.75 Å². The van der Waals surface area contributed by atoms with Gasteiger partial charge in [0.1, 0.15) is 11.6 Å². The Morgan fingerprint density at radius 2 is 1.84 bits per heavy atom. The molecule has 6 nitrogen and oxygen atoms in total. The number of halogens is 1. The lowest BCUT2D eigenvalue weighted by molar-refractivity contribution is -0.116. The summed E-state index contributed by atoms with van der Waals surface area (Å²) < 4.78 is 39.2. The van der Waals surface area contributed by atoms with Crippen LogP contribution in [0.5, 0.6) is 5.75 Å². The van der Waals surface area contributed by atoms with E-state index in [2.05, 4.69) is 10.0 Å². The maximum absolute atomic E-state index is 12.8. The van der Waals surface area contributed by atoms with E-state index >= 15 is 0 Å². The van der Waals surface area contributed by atoms with Gasteiger partial charge in [-0.2, -0.15) is 0 Å². The van der Waals surface area contributed by atoms with Crippen LogP contribution in [0.3, 0.4) is 0 Å². The molecule has 134 valence electrons. The molecular weight excluding hydrogens is 347 g/mol. The minimum absolute atomic E-state index is 0.0228. The minimum atomic E-state index is -3.73. The lowest BCUT2D eigenvalue weighted by atomic mass is 10.2. The maximum atomic E-state index is 12.8. The average Bonchev–Trinajstić information content (AvgIpc) is 2.55. The number of nitrogens with one attached hydrogen (secondary N) is 2. The van der Waals surface area contributed by atoms with Crippen LogP contribution in [0.2, 0.25) is 0 Å². The monoisotopic (exact) mass is 366 g/mol. The molecule has 0 radical (unpaired) electrons. The van der Waals surface area contributed by atoms with Gasteiger partial charge in [0, 0.05) is 13.0 Å². The van der Waals surface area contributed by atoms with Crippen molar-refractivity contribution in [2.75, 3.05) is 11.9 Å². The topological polar surface area (TPSA) is 95.5 Å². The van der Waals surface area contributed by atoms with E-state index in [1.165, 1.54) is 18.2 Å². The zero-order valence-electron chi connectivity index (χ0n) is 13.6. The van der Waals surface area contributed by atoms with Crippen LogP contribution in [-0.2, 0) is 14.8 Å². The average molecular weight is 366 g/mol. The van der Waals surface area contributed by atoms with Gasteiger partial charge in [-0.25, -0.2) is 17.5 Å². The number of phenols is 1. The van der Waals surface area contributed by atoms with Gasteiger partial charge in [-0.1, -0.05) is 6.07 Å². The van der Waals surface area contributed by atoms with Crippen LogP contribution >= 0.6 is 0 Å². The lowest BCUT2D eigenvalue weighted by Gasteiger charge is -2.09. The fourth-order valence-electron chi connectivity index (χ4n) is 2.11. The molecule has 0 aliphatic heterocycles. The summed E-state index contributed by atoms with van der Waals surface area (Å²) in [6, 6.07) is 9.36. The quantitative estimate of drug-likeness (QED) is 0.518. The Hall–Kier alpha value is -2.45. The first-order valence-corrected chi connectivity index (χ1v) is 9.11. The van der Waals surface area contributed by atoms with Crippen LogP contribution in [0.1, 0.15) is 18.4 Å². The Kier molecular flexibility index (Phi) is 6.11. The first-order chi connectivity index (χ1) is 11.8. The first-order valence-electron chi connectivity index (χ1n) is 7.62. The highest BCUT2D eigenvalue weighted by Gasteiger charge is 2.13. The van der Waals surface area contributed by atoms with Crippen LogP contribution in [-0.4, -0.2) is 26.0 Å². The van der Waals surface area contributed by atoms with Gasteiger partial charge in [0.05, 0.1) is 10.6 Å². The molecule has 0 saturated carbocycles. The normalized spacial score (nSPS) is 11.3. The van der Waals surface area contributed by atoms with Crippen molar-refractivity contribution in [2.45, 2.75) is 24.7 Å². The molecule has 0 bridgehead atoms. The summed E-state index contributed by atoms with van der Waals surface area (Å²) in [4.78, 5) is 11.8. The number of benzene rings is 2. The van der Waals surface area contributed by atoms with Gasteiger partial charge in [0.25, 0.3) is 0 Å². The van der Waals surface area contributed by atoms with Gasteiger partial charge in [-0.3, -0.25) is 4.79 Å².